The van der Waals surface area contributed by atoms with Crippen molar-refractivity contribution >= 4 is 11.5 Å². The molecule has 2 heterocycles. The summed E-state index contributed by atoms with van der Waals surface area (Å²) in [6, 6.07) is 9.20. The van der Waals surface area contributed by atoms with Crippen LogP contribution in [0.4, 0.5) is 0 Å². The van der Waals surface area contributed by atoms with Crippen molar-refractivity contribution in [2.24, 2.45) is 5.16 Å². The molecule has 0 radical (unpaired) electrons. The van der Waals surface area contributed by atoms with Gasteiger partial charge in [0, 0.05) is 13.3 Å². The topological polar surface area (TPSA) is 84.7 Å². The molecule has 6 heteroatoms. The van der Waals surface area contributed by atoms with Crippen molar-refractivity contribution in [1.29, 1.82) is 0 Å². The number of carbonyl (C=O) groups is 1. The molecule has 1 aliphatic heterocycles. The summed E-state index contributed by atoms with van der Waals surface area (Å²) in [7, 11) is 0. The molecule has 1 aromatic heterocycles. The lowest BCUT2D eigenvalue weighted by atomic mass is 10.0. The van der Waals surface area contributed by atoms with E-state index >= 15 is 0 Å². The lowest BCUT2D eigenvalue weighted by Crippen LogP contribution is -2.09. The van der Waals surface area contributed by atoms with Crippen LogP contribution in [-0.4, -0.2) is 26.6 Å². The molecule has 1 atom stereocenters. The second kappa shape index (κ2) is 6.26. The van der Waals surface area contributed by atoms with Crippen LogP contribution in [0.15, 0.2) is 35.5 Å². The summed E-state index contributed by atoms with van der Waals surface area (Å²) < 4.78 is 0. The van der Waals surface area contributed by atoms with Crippen LogP contribution in [0.5, 0.6) is 0 Å². The number of Topliss-reactive ketones (excluding diaryl/α,β-unsaturated/α-hetero) is 1. The molecule has 0 bridgehead atoms. The van der Waals surface area contributed by atoms with Crippen LogP contribution in [0.2, 0.25) is 0 Å². The van der Waals surface area contributed by atoms with E-state index in [-0.39, 0.29) is 18.5 Å². The smallest absolute Gasteiger partial charge is 0.178 e. The minimum Gasteiger partial charge on any atom is -0.392 e. The third kappa shape index (κ3) is 3.27. The average Bonchev–Trinajstić information content (AvgIpc) is 3.04. The largest absolute Gasteiger partial charge is 0.392 e. The highest BCUT2D eigenvalue weighted by molar-refractivity contribution is 6.01. The maximum absolute atomic E-state index is 11.5. The van der Waals surface area contributed by atoms with Crippen LogP contribution in [0.1, 0.15) is 52.6 Å². The molecule has 6 nitrogen and oxygen atoms in total. The highest BCUT2D eigenvalue weighted by Gasteiger charge is 2.25. The van der Waals surface area contributed by atoms with Crippen molar-refractivity contribution in [2.75, 3.05) is 0 Å². The van der Waals surface area contributed by atoms with E-state index in [9.17, 15) is 4.79 Å². The second-order valence-corrected chi connectivity index (χ2v) is 5.48. The van der Waals surface area contributed by atoms with Crippen LogP contribution in [-0.2, 0) is 11.4 Å². The monoisotopic (exact) mass is 311 g/mol. The number of aryl methyl sites for hydroxylation is 1. The Kier molecular flexibility index (Phi) is 4.16. The number of hydrogen-bond donors (Lipinski definition) is 1. The summed E-state index contributed by atoms with van der Waals surface area (Å²) in [6.45, 7) is 3.24. The highest BCUT2D eigenvalue weighted by atomic mass is 16.6. The van der Waals surface area contributed by atoms with E-state index in [0.29, 0.717) is 29.3 Å². The van der Waals surface area contributed by atoms with Gasteiger partial charge in [0.1, 0.15) is 17.2 Å². The van der Waals surface area contributed by atoms with Gasteiger partial charge in [-0.2, -0.15) is 0 Å². The number of aliphatic hydroxyl groups is 1. The van der Waals surface area contributed by atoms with Crippen LogP contribution >= 0.6 is 0 Å². The van der Waals surface area contributed by atoms with Crippen molar-refractivity contribution < 1.29 is 14.7 Å². The summed E-state index contributed by atoms with van der Waals surface area (Å²) in [6.07, 6.45) is 0.389. The van der Waals surface area contributed by atoms with E-state index in [1.807, 2.05) is 24.3 Å². The first-order valence-electron chi connectivity index (χ1n) is 7.36. The fourth-order valence-electron chi connectivity index (χ4n) is 2.44. The van der Waals surface area contributed by atoms with Gasteiger partial charge in [-0.1, -0.05) is 29.4 Å². The van der Waals surface area contributed by atoms with Crippen molar-refractivity contribution in [3.05, 3.63) is 58.7 Å². The maximum atomic E-state index is 11.5. The van der Waals surface area contributed by atoms with Gasteiger partial charge in [0.25, 0.3) is 0 Å². The first kappa shape index (κ1) is 15.3. The van der Waals surface area contributed by atoms with Crippen LogP contribution < -0.4 is 0 Å². The minimum atomic E-state index is -0.186. The quantitative estimate of drug-likeness (QED) is 0.876. The van der Waals surface area contributed by atoms with E-state index in [1.54, 1.807) is 13.0 Å². The summed E-state index contributed by atoms with van der Waals surface area (Å²) in [5.74, 6) is 0.429. The lowest BCUT2D eigenvalue weighted by molar-refractivity contribution is 0.0857. The molecule has 0 fully saturated rings. The van der Waals surface area contributed by atoms with Gasteiger partial charge >= 0.3 is 0 Å². The first-order valence-corrected chi connectivity index (χ1v) is 7.36. The Balaban J connectivity index is 1.80. The molecule has 0 saturated carbocycles. The zero-order chi connectivity index (χ0) is 16.4. The number of aromatic nitrogens is 2. The number of ketones is 1. The Morgan fingerprint density at radius 2 is 2.04 bits per heavy atom. The molecule has 1 N–H and O–H groups in total. The summed E-state index contributed by atoms with van der Waals surface area (Å²) in [5.41, 5.74) is 3.54. The number of benzene rings is 1. The molecule has 1 aliphatic rings. The van der Waals surface area contributed by atoms with Gasteiger partial charge in [-0.15, -0.1) is 0 Å². The maximum Gasteiger partial charge on any atom is 0.178 e. The number of nitrogens with zero attached hydrogens (tertiary/aromatic N) is 3. The summed E-state index contributed by atoms with van der Waals surface area (Å²) in [5, 5.41) is 13.2. The molecular formula is C17H17N3O3. The fourth-order valence-corrected chi connectivity index (χ4v) is 2.44. The molecule has 23 heavy (non-hydrogen) atoms. The Morgan fingerprint density at radius 1 is 1.30 bits per heavy atom. The Morgan fingerprint density at radius 3 is 2.70 bits per heavy atom. The molecule has 0 spiro atoms. The second-order valence-electron chi connectivity index (χ2n) is 5.48. The summed E-state index contributed by atoms with van der Waals surface area (Å²) >= 11 is 0. The predicted molar refractivity (Wildman–Crippen MR) is 84.1 cm³/mol. The fraction of sp³-hybridized carbons (Fsp3) is 0.294. The van der Waals surface area contributed by atoms with Crippen molar-refractivity contribution in [3.63, 3.8) is 0 Å². The van der Waals surface area contributed by atoms with E-state index in [1.165, 1.54) is 6.92 Å². The molecule has 1 aromatic carbocycles. The number of rotatable bonds is 4. The lowest BCUT2D eigenvalue weighted by Gasteiger charge is -2.09. The van der Waals surface area contributed by atoms with Crippen molar-refractivity contribution in [1.82, 2.24) is 9.97 Å². The molecule has 118 valence electrons. The molecule has 2 aromatic rings. The molecular weight excluding hydrogens is 294 g/mol. The standard InChI is InChI=1S/C17H17N3O3/c1-10(22)14-7-15(19-11(2)18-14)16-8-17(23-20-16)13-5-3-12(9-21)4-6-13/h3-7,17,21H,8-9H2,1-2H3. The van der Waals surface area contributed by atoms with Crippen LogP contribution in [0.3, 0.4) is 0 Å². The predicted octanol–water partition coefficient (Wildman–Crippen LogP) is 2.35. The third-order valence-electron chi connectivity index (χ3n) is 3.70. The molecule has 1 unspecified atom stereocenters. The van der Waals surface area contributed by atoms with Gasteiger partial charge < -0.3 is 9.94 Å². The molecule has 3 rings (SSSR count). The minimum absolute atomic E-state index is 0.0155. The first-order chi connectivity index (χ1) is 11.1. The van der Waals surface area contributed by atoms with E-state index in [2.05, 4.69) is 15.1 Å². The van der Waals surface area contributed by atoms with Gasteiger partial charge in [-0.25, -0.2) is 9.97 Å². The van der Waals surface area contributed by atoms with E-state index < -0.39 is 0 Å². The highest BCUT2D eigenvalue weighted by Crippen LogP contribution is 2.29. The number of carbonyl (C=O) groups excluding carboxylic acids is 1. The third-order valence-corrected chi connectivity index (χ3v) is 3.70. The Labute approximate surface area is 133 Å². The summed E-state index contributed by atoms with van der Waals surface area (Å²) in [4.78, 5) is 25.5. The number of aliphatic hydroxyl groups excluding tert-OH is 1. The van der Waals surface area contributed by atoms with Gasteiger partial charge in [0.05, 0.1) is 12.3 Å². The van der Waals surface area contributed by atoms with Crippen molar-refractivity contribution in [2.45, 2.75) is 33.0 Å². The van der Waals surface area contributed by atoms with Gasteiger partial charge in [0.15, 0.2) is 11.9 Å². The van der Waals surface area contributed by atoms with E-state index in [4.69, 9.17) is 9.94 Å². The van der Waals surface area contributed by atoms with Gasteiger partial charge in [-0.05, 0) is 24.1 Å². The molecule has 0 amide bonds. The zero-order valence-electron chi connectivity index (χ0n) is 13.0. The Bertz CT molecular complexity index is 769. The number of hydrogen-bond acceptors (Lipinski definition) is 6. The van der Waals surface area contributed by atoms with Crippen molar-refractivity contribution in [3.8, 4) is 0 Å². The number of oxime groups is 1. The Hall–Kier alpha value is -2.60. The zero-order valence-corrected chi connectivity index (χ0v) is 13.0. The van der Waals surface area contributed by atoms with E-state index in [0.717, 1.165) is 11.1 Å². The SMILES string of the molecule is CC(=O)c1cc(C2=NOC(c3ccc(CO)cc3)C2)nc(C)n1. The van der Waals surface area contributed by atoms with Crippen LogP contribution in [0.25, 0.3) is 0 Å². The molecule has 0 aliphatic carbocycles. The molecule has 0 saturated heterocycles. The van der Waals surface area contributed by atoms with Gasteiger partial charge in [-0.3, -0.25) is 4.79 Å². The average molecular weight is 311 g/mol. The van der Waals surface area contributed by atoms with Gasteiger partial charge in [0.2, 0.25) is 0 Å². The normalized spacial score (nSPS) is 16.8. The van der Waals surface area contributed by atoms with Crippen LogP contribution in [0, 0.1) is 6.92 Å².